The van der Waals surface area contributed by atoms with Gasteiger partial charge in [0, 0.05) is 16.1 Å². The predicted octanol–water partition coefficient (Wildman–Crippen LogP) is 4.90. The number of nitrogens with two attached hydrogens (primary N) is 1. The Morgan fingerprint density at radius 2 is 1.72 bits per heavy atom. The summed E-state index contributed by atoms with van der Waals surface area (Å²) in [6.45, 7) is 2.06. The fourth-order valence-corrected chi connectivity index (χ4v) is 3.01. The van der Waals surface area contributed by atoms with Crippen molar-refractivity contribution in [2.75, 3.05) is 5.73 Å². The smallest absolute Gasteiger partial charge is 0.165 e. The van der Waals surface area contributed by atoms with Crippen LogP contribution in [0.25, 0.3) is 33.4 Å². The van der Waals surface area contributed by atoms with Gasteiger partial charge in [-0.2, -0.15) is 0 Å². The van der Waals surface area contributed by atoms with E-state index in [-0.39, 0.29) is 0 Å². The number of nitrogens with zero attached hydrogens (tertiary/aromatic N) is 3. The summed E-state index contributed by atoms with van der Waals surface area (Å²) in [5.74, 6) is 0.420. The van der Waals surface area contributed by atoms with Crippen LogP contribution in [0.3, 0.4) is 0 Å². The Labute approximate surface area is 150 Å². The van der Waals surface area contributed by atoms with Crippen molar-refractivity contribution in [1.82, 2.24) is 15.0 Å². The van der Waals surface area contributed by atoms with Crippen molar-refractivity contribution in [2.45, 2.75) is 6.92 Å². The van der Waals surface area contributed by atoms with Gasteiger partial charge in [-0.25, -0.2) is 15.0 Å². The van der Waals surface area contributed by atoms with E-state index in [9.17, 15) is 0 Å². The third kappa shape index (κ3) is 2.92. The molecule has 122 valence electrons. The average molecular weight is 347 g/mol. The van der Waals surface area contributed by atoms with E-state index in [1.807, 2.05) is 30.3 Å². The van der Waals surface area contributed by atoms with Crippen LogP contribution < -0.4 is 5.73 Å². The Balaban J connectivity index is 2.05. The van der Waals surface area contributed by atoms with Crippen LogP contribution in [0, 0.1) is 6.92 Å². The number of anilines is 1. The number of rotatable bonds is 2. The molecule has 0 aliphatic rings. The number of fused-ring (bicyclic) bond motifs is 1. The van der Waals surface area contributed by atoms with Gasteiger partial charge >= 0.3 is 0 Å². The summed E-state index contributed by atoms with van der Waals surface area (Å²) >= 11 is 6.18. The van der Waals surface area contributed by atoms with Gasteiger partial charge in [0.05, 0.1) is 11.1 Å². The van der Waals surface area contributed by atoms with E-state index < -0.39 is 0 Å². The van der Waals surface area contributed by atoms with Crippen molar-refractivity contribution in [3.05, 3.63) is 71.5 Å². The van der Waals surface area contributed by atoms with Gasteiger partial charge in [0.15, 0.2) is 5.65 Å². The zero-order valence-electron chi connectivity index (χ0n) is 13.6. The van der Waals surface area contributed by atoms with E-state index in [1.165, 1.54) is 11.9 Å². The van der Waals surface area contributed by atoms with Crippen LogP contribution in [0.4, 0.5) is 5.82 Å². The van der Waals surface area contributed by atoms with E-state index in [0.29, 0.717) is 16.5 Å². The van der Waals surface area contributed by atoms with Crippen molar-refractivity contribution in [3.8, 4) is 22.4 Å². The van der Waals surface area contributed by atoms with Crippen LogP contribution in [0.2, 0.25) is 5.02 Å². The number of nitrogen functional groups attached to an aromatic ring is 1. The van der Waals surface area contributed by atoms with Crippen molar-refractivity contribution < 1.29 is 0 Å². The predicted molar refractivity (Wildman–Crippen MR) is 102 cm³/mol. The van der Waals surface area contributed by atoms with Gasteiger partial charge in [-0.1, -0.05) is 53.6 Å². The lowest BCUT2D eigenvalue weighted by atomic mass is 9.97. The number of halogens is 1. The maximum Gasteiger partial charge on any atom is 0.165 e. The van der Waals surface area contributed by atoms with Crippen molar-refractivity contribution in [1.29, 1.82) is 0 Å². The lowest BCUT2D eigenvalue weighted by Crippen LogP contribution is -1.98. The number of hydrogen-bond acceptors (Lipinski definition) is 4. The Morgan fingerprint density at radius 1 is 0.920 bits per heavy atom. The number of aryl methyl sites for hydroxylation is 1. The normalized spacial score (nSPS) is 11.0. The first-order chi connectivity index (χ1) is 12.1. The topological polar surface area (TPSA) is 64.7 Å². The number of hydrogen-bond donors (Lipinski definition) is 1. The van der Waals surface area contributed by atoms with Crippen LogP contribution in [-0.4, -0.2) is 15.0 Å². The van der Waals surface area contributed by atoms with E-state index in [4.69, 9.17) is 22.3 Å². The first-order valence-corrected chi connectivity index (χ1v) is 8.24. The third-order valence-electron chi connectivity index (χ3n) is 4.12. The van der Waals surface area contributed by atoms with Gasteiger partial charge in [-0.05, 0) is 30.7 Å². The van der Waals surface area contributed by atoms with Gasteiger partial charge in [0.2, 0.25) is 0 Å². The van der Waals surface area contributed by atoms with E-state index in [2.05, 4.69) is 41.2 Å². The molecule has 0 radical (unpaired) electrons. The second-order valence-corrected chi connectivity index (χ2v) is 6.33. The minimum absolute atomic E-state index is 0.420. The summed E-state index contributed by atoms with van der Waals surface area (Å²) in [5.41, 5.74) is 11.6. The number of benzene rings is 2. The monoisotopic (exact) mass is 346 g/mol. The molecule has 5 heteroatoms. The molecule has 2 aromatic carbocycles. The molecule has 25 heavy (non-hydrogen) atoms. The zero-order chi connectivity index (χ0) is 17.4. The standard InChI is InChI=1S/C20H15ClN4/c1-12-5-7-13(8-6-12)16-10-17-19(22)23-11-24-20(17)25-18(16)14-3-2-4-15(21)9-14/h2-11H,1H3,(H2,22,23,24,25). The summed E-state index contributed by atoms with van der Waals surface area (Å²) in [7, 11) is 0. The molecule has 2 N–H and O–H groups in total. The van der Waals surface area contributed by atoms with E-state index in [0.717, 1.165) is 27.8 Å². The molecule has 0 amide bonds. The molecule has 0 aliphatic carbocycles. The molecular weight excluding hydrogens is 332 g/mol. The molecule has 4 rings (SSSR count). The highest BCUT2D eigenvalue weighted by atomic mass is 35.5. The van der Waals surface area contributed by atoms with Crippen molar-refractivity contribution >= 4 is 28.5 Å². The molecule has 2 heterocycles. The first-order valence-electron chi connectivity index (χ1n) is 7.86. The summed E-state index contributed by atoms with van der Waals surface area (Å²) in [6, 6.07) is 17.9. The Morgan fingerprint density at radius 3 is 2.48 bits per heavy atom. The minimum atomic E-state index is 0.420. The van der Waals surface area contributed by atoms with E-state index in [1.54, 1.807) is 0 Å². The number of aromatic nitrogens is 3. The van der Waals surface area contributed by atoms with Crippen LogP contribution in [0.5, 0.6) is 0 Å². The molecule has 0 fully saturated rings. The van der Waals surface area contributed by atoms with Gasteiger partial charge in [-0.3, -0.25) is 0 Å². The molecule has 0 bridgehead atoms. The third-order valence-corrected chi connectivity index (χ3v) is 4.35. The maximum absolute atomic E-state index is 6.18. The molecule has 0 saturated carbocycles. The molecule has 4 aromatic rings. The highest BCUT2D eigenvalue weighted by Gasteiger charge is 2.14. The van der Waals surface area contributed by atoms with Crippen LogP contribution in [-0.2, 0) is 0 Å². The van der Waals surface area contributed by atoms with Crippen LogP contribution in [0.1, 0.15) is 5.56 Å². The average Bonchev–Trinajstić information content (AvgIpc) is 2.62. The highest BCUT2D eigenvalue weighted by molar-refractivity contribution is 6.30. The molecule has 0 spiro atoms. The van der Waals surface area contributed by atoms with Gasteiger partial charge in [0.1, 0.15) is 12.1 Å². The lowest BCUT2D eigenvalue weighted by molar-refractivity contribution is 1.19. The Kier molecular flexibility index (Phi) is 3.82. The highest BCUT2D eigenvalue weighted by Crippen LogP contribution is 2.34. The summed E-state index contributed by atoms with van der Waals surface area (Å²) in [6.07, 6.45) is 1.43. The van der Waals surface area contributed by atoms with Crippen LogP contribution >= 0.6 is 11.6 Å². The second-order valence-electron chi connectivity index (χ2n) is 5.89. The number of pyridine rings is 1. The van der Waals surface area contributed by atoms with Gasteiger partial charge < -0.3 is 5.73 Å². The molecule has 0 aliphatic heterocycles. The molecule has 0 unspecified atom stereocenters. The van der Waals surface area contributed by atoms with Crippen LogP contribution in [0.15, 0.2) is 60.9 Å². The van der Waals surface area contributed by atoms with Gasteiger partial charge in [-0.15, -0.1) is 0 Å². The first kappa shape index (κ1) is 15.5. The van der Waals surface area contributed by atoms with Crippen molar-refractivity contribution in [3.63, 3.8) is 0 Å². The van der Waals surface area contributed by atoms with Gasteiger partial charge in [0.25, 0.3) is 0 Å². The van der Waals surface area contributed by atoms with E-state index >= 15 is 0 Å². The quantitative estimate of drug-likeness (QED) is 0.560. The SMILES string of the molecule is Cc1ccc(-c2cc3c(N)ncnc3nc2-c2cccc(Cl)c2)cc1. The molecule has 0 saturated heterocycles. The molecule has 2 aromatic heterocycles. The Hall–Kier alpha value is -2.98. The fraction of sp³-hybridized carbons (Fsp3) is 0.0500. The summed E-state index contributed by atoms with van der Waals surface area (Å²) in [5, 5.41) is 1.40. The second kappa shape index (κ2) is 6.15. The lowest BCUT2D eigenvalue weighted by Gasteiger charge is -2.12. The Bertz CT molecular complexity index is 1070. The maximum atomic E-state index is 6.18. The molecule has 0 atom stereocenters. The van der Waals surface area contributed by atoms with Crippen molar-refractivity contribution in [2.24, 2.45) is 0 Å². The minimum Gasteiger partial charge on any atom is -0.383 e. The molecular formula is C20H15ClN4. The summed E-state index contributed by atoms with van der Waals surface area (Å²) in [4.78, 5) is 13.1. The summed E-state index contributed by atoms with van der Waals surface area (Å²) < 4.78 is 0. The fourth-order valence-electron chi connectivity index (χ4n) is 2.81. The largest absolute Gasteiger partial charge is 0.383 e. The molecule has 4 nitrogen and oxygen atoms in total. The zero-order valence-corrected chi connectivity index (χ0v) is 14.3.